The molecule has 2 aliphatic rings. The highest BCUT2D eigenvalue weighted by atomic mass is 32.2. The van der Waals surface area contributed by atoms with E-state index in [-0.39, 0.29) is 24.3 Å². The molecule has 144 valence electrons. The number of nitrogens with zero attached hydrogens (tertiary/aromatic N) is 1. The molecule has 0 aromatic heterocycles. The zero-order valence-electron chi connectivity index (χ0n) is 13.8. The molecule has 10 heteroatoms. The van der Waals surface area contributed by atoms with E-state index in [1.807, 2.05) is 0 Å². The Labute approximate surface area is 149 Å². The number of nitrogens with one attached hydrogen (secondary N) is 1. The first-order valence-corrected chi connectivity index (χ1v) is 9.77. The molecule has 1 aromatic rings. The molecule has 1 aliphatic heterocycles. The number of halogens is 3. The van der Waals surface area contributed by atoms with E-state index >= 15 is 4.39 Å². The molecule has 1 saturated heterocycles. The van der Waals surface area contributed by atoms with E-state index in [4.69, 9.17) is 0 Å². The van der Waals surface area contributed by atoms with Gasteiger partial charge >= 0.3 is 10.2 Å². The molecule has 0 unspecified atom stereocenters. The van der Waals surface area contributed by atoms with E-state index in [1.54, 1.807) is 4.72 Å². The highest BCUT2D eigenvalue weighted by Gasteiger charge is 2.39. The molecule has 0 bridgehead atoms. The van der Waals surface area contributed by atoms with Crippen LogP contribution in [0.15, 0.2) is 6.07 Å². The first kappa shape index (κ1) is 18.8. The summed E-state index contributed by atoms with van der Waals surface area (Å²) in [4.78, 5) is 11.4. The van der Waals surface area contributed by atoms with Gasteiger partial charge in [0.2, 0.25) is 6.43 Å². The molecule has 0 spiro atoms. The molecule has 2 N–H and O–H groups in total. The number of phenols is 1. The minimum atomic E-state index is -4.25. The van der Waals surface area contributed by atoms with E-state index in [9.17, 15) is 27.1 Å². The summed E-state index contributed by atoms with van der Waals surface area (Å²) in [6, 6.07) is 1.32. The van der Waals surface area contributed by atoms with Gasteiger partial charge in [-0.1, -0.05) is 0 Å². The van der Waals surface area contributed by atoms with Crippen LogP contribution in [0.25, 0.3) is 0 Å². The third-order valence-corrected chi connectivity index (χ3v) is 6.21. The number of fused-ring (bicyclic) bond motifs is 1. The number of carbonyl (C=O) groups excluding carboxylic acids is 1. The maximum absolute atomic E-state index is 15.0. The number of hydrogen-bond acceptors (Lipinski definition) is 4. The first-order chi connectivity index (χ1) is 12.2. The largest absolute Gasteiger partial charge is 0.506 e. The van der Waals surface area contributed by atoms with Crippen molar-refractivity contribution in [3.63, 3.8) is 0 Å². The number of phenolic OH excluding ortho intramolecular Hbond substituents is 1. The normalized spacial score (nSPS) is 21.8. The Balaban J connectivity index is 1.88. The molecule has 1 aromatic carbocycles. The van der Waals surface area contributed by atoms with Crippen molar-refractivity contribution in [2.45, 2.75) is 45.0 Å². The van der Waals surface area contributed by atoms with Crippen molar-refractivity contribution >= 4 is 21.8 Å². The molecular weight excluding hydrogens is 373 g/mol. The number of rotatable bonds is 5. The molecule has 1 heterocycles. The van der Waals surface area contributed by atoms with Crippen molar-refractivity contribution in [3.05, 3.63) is 23.0 Å². The van der Waals surface area contributed by atoms with Crippen molar-refractivity contribution in [3.8, 4) is 5.75 Å². The molecule has 3 rings (SSSR count). The van der Waals surface area contributed by atoms with Gasteiger partial charge in [-0.3, -0.25) is 4.79 Å². The van der Waals surface area contributed by atoms with Gasteiger partial charge in [-0.15, -0.1) is 0 Å². The number of aryl methyl sites for hydroxylation is 1. The molecule has 1 fully saturated rings. The minimum Gasteiger partial charge on any atom is -0.506 e. The van der Waals surface area contributed by atoms with Crippen molar-refractivity contribution in [2.75, 3.05) is 10.8 Å². The molecule has 6 nitrogen and oxygen atoms in total. The highest BCUT2D eigenvalue weighted by Crippen LogP contribution is 2.41. The minimum absolute atomic E-state index is 0.0167. The Morgan fingerprint density at radius 2 is 2.12 bits per heavy atom. The third kappa shape index (κ3) is 3.60. The van der Waals surface area contributed by atoms with Crippen LogP contribution < -0.4 is 9.03 Å². The van der Waals surface area contributed by atoms with Crippen LogP contribution in [0.4, 0.5) is 18.9 Å². The second kappa shape index (κ2) is 6.98. The zero-order valence-corrected chi connectivity index (χ0v) is 14.7. The number of alkyl halides is 2. The van der Waals surface area contributed by atoms with E-state index in [1.165, 1.54) is 6.07 Å². The fraction of sp³-hybridized carbons (Fsp3) is 0.562. The summed E-state index contributed by atoms with van der Waals surface area (Å²) in [6.45, 7) is -0.608. The molecule has 1 aliphatic carbocycles. The number of anilines is 1. The maximum atomic E-state index is 15.0. The quantitative estimate of drug-likeness (QED) is 0.805. The lowest BCUT2D eigenvalue weighted by Crippen LogP contribution is -2.31. The Hall–Kier alpha value is -1.97. The number of carbonyl (C=O) groups is 1. The fourth-order valence-electron chi connectivity index (χ4n) is 3.60. The average molecular weight is 392 g/mol. The summed E-state index contributed by atoms with van der Waals surface area (Å²) in [5, 5.41) is 10.1. The predicted octanol–water partition coefficient (Wildman–Crippen LogP) is 2.25. The summed E-state index contributed by atoms with van der Waals surface area (Å²) in [5.41, 5.74) is 0.306. The van der Waals surface area contributed by atoms with Crippen molar-refractivity contribution in [1.29, 1.82) is 0 Å². The third-order valence-electron chi connectivity index (χ3n) is 4.83. The van der Waals surface area contributed by atoms with Crippen LogP contribution >= 0.6 is 0 Å². The van der Waals surface area contributed by atoms with Crippen LogP contribution in [0.5, 0.6) is 5.75 Å². The van der Waals surface area contributed by atoms with Crippen LogP contribution in [0, 0.1) is 11.7 Å². The fourth-order valence-corrected chi connectivity index (χ4v) is 4.77. The molecule has 0 saturated carbocycles. The number of amides is 1. The Bertz CT molecular complexity index is 829. The van der Waals surface area contributed by atoms with Crippen LogP contribution in [-0.4, -0.2) is 32.4 Å². The SMILES string of the molecule is O=C1CN(c2c(O)cc3c(c2F)C[C@@H](CCCC(F)F)CC3)S(=O)(=O)N1. The molecule has 0 radical (unpaired) electrons. The van der Waals surface area contributed by atoms with Gasteiger partial charge < -0.3 is 5.11 Å². The summed E-state index contributed by atoms with van der Waals surface area (Å²) < 4.78 is 65.8. The number of benzene rings is 1. The maximum Gasteiger partial charge on any atom is 0.326 e. The van der Waals surface area contributed by atoms with Gasteiger partial charge in [-0.2, -0.15) is 8.42 Å². The van der Waals surface area contributed by atoms with Crippen LogP contribution in [0.1, 0.15) is 36.8 Å². The van der Waals surface area contributed by atoms with Gasteiger partial charge in [0, 0.05) is 6.42 Å². The Morgan fingerprint density at radius 1 is 1.38 bits per heavy atom. The summed E-state index contributed by atoms with van der Waals surface area (Å²) in [5.74, 6) is -2.22. The van der Waals surface area contributed by atoms with Gasteiger partial charge in [-0.05, 0) is 55.2 Å². The highest BCUT2D eigenvalue weighted by molar-refractivity contribution is 7.92. The van der Waals surface area contributed by atoms with Gasteiger partial charge in [-0.25, -0.2) is 22.2 Å². The zero-order chi connectivity index (χ0) is 19.1. The molecule has 1 amide bonds. The van der Waals surface area contributed by atoms with Crippen molar-refractivity contribution in [1.82, 2.24) is 4.72 Å². The second-order valence-corrected chi connectivity index (χ2v) is 8.26. The monoisotopic (exact) mass is 392 g/mol. The molecule has 1 atom stereocenters. The summed E-state index contributed by atoms with van der Waals surface area (Å²) in [6.07, 6.45) is -0.249. The van der Waals surface area contributed by atoms with Crippen molar-refractivity contribution in [2.24, 2.45) is 5.92 Å². The van der Waals surface area contributed by atoms with E-state index in [2.05, 4.69) is 0 Å². The van der Waals surface area contributed by atoms with E-state index < -0.39 is 46.3 Å². The summed E-state index contributed by atoms with van der Waals surface area (Å²) >= 11 is 0. The van der Waals surface area contributed by atoms with Crippen molar-refractivity contribution < 1.29 is 31.5 Å². The Morgan fingerprint density at radius 3 is 2.73 bits per heavy atom. The lowest BCUT2D eigenvalue weighted by atomic mass is 9.80. The molecule has 26 heavy (non-hydrogen) atoms. The van der Waals surface area contributed by atoms with Gasteiger partial charge in [0.05, 0.1) is 0 Å². The standard InChI is InChI=1S/C16H19F3N2O4S/c17-13(18)3-1-2-9-4-5-10-7-12(22)16(15(19)11(10)6-9)21-8-14(23)20-26(21,24)25/h7,9,13,22H,1-6,8H2,(H,20,23)/t9-/m0/s1. The van der Waals surface area contributed by atoms with E-state index in [0.29, 0.717) is 35.6 Å². The topological polar surface area (TPSA) is 86.7 Å². The molecular formula is C16H19F3N2O4S. The lowest BCUT2D eigenvalue weighted by molar-refractivity contribution is -0.117. The predicted molar refractivity (Wildman–Crippen MR) is 87.8 cm³/mol. The second-order valence-electron chi connectivity index (χ2n) is 6.66. The van der Waals surface area contributed by atoms with E-state index in [0.717, 1.165) is 0 Å². The number of aromatic hydroxyl groups is 1. The smallest absolute Gasteiger partial charge is 0.326 e. The van der Waals surface area contributed by atoms with Crippen LogP contribution in [0.2, 0.25) is 0 Å². The summed E-state index contributed by atoms with van der Waals surface area (Å²) in [7, 11) is -4.25. The van der Waals surface area contributed by atoms with Gasteiger partial charge in [0.1, 0.15) is 18.0 Å². The Kier molecular flexibility index (Phi) is 5.05. The lowest BCUT2D eigenvalue weighted by Gasteiger charge is -2.27. The van der Waals surface area contributed by atoms with Gasteiger partial charge in [0.25, 0.3) is 5.91 Å². The average Bonchev–Trinajstić information content (AvgIpc) is 2.80. The first-order valence-electron chi connectivity index (χ1n) is 8.33. The van der Waals surface area contributed by atoms with Gasteiger partial charge in [0.15, 0.2) is 5.82 Å². The number of hydrogen-bond donors (Lipinski definition) is 2. The van der Waals surface area contributed by atoms with Crippen LogP contribution in [0.3, 0.4) is 0 Å². The van der Waals surface area contributed by atoms with Crippen LogP contribution in [-0.2, 0) is 27.8 Å².